The molecule has 0 aliphatic heterocycles. The van der Waals surface area contributed by atoms with Crippen LogP contribution in [0.25, 0.3) is 0 Å². The van der Waals surface area contributed by atoms with Gasteiger partial charge < -0.3 is 6.42 Å². The Balaban J connectivity index is 0.000000750. The zero-order valence-electron chi connectivity index (χ0n) is 8.95. The quantitative estimate of drug-likeness (QED) is 0.576. The second-order valence-electron chi connectivity index (χ2n) is 5.42. The molecule has 0 saturated heterocycles. The van der Waals surface area contributed by atoms with E-state index in [9.17, 15) is 0 Å². The molecule has 80 valence electrons. The van der Waals surface area contributed by atoms with Crippen LogP contribution in [0.4, 0.5) is 0 Å². The molecule has 0 radical (unpaired) electrons. The van der Waals surface area contributed by atoms with Crippen LogP contribution in [-0.2, 0) is 21.1 Å². The van der Waals surface area contributed by atoms with Crippen molar-refractivity contribution in [2.75, 3.05) is 0 Å². The molecule has 4 atom stereocenters. The van der Waals surface area contributed by atoms with Gasteiger partial charge in [-0.15, -0.1) is 0 Å². The van der Waals surface area contributed by atoms with Gasteiger partial charge in [0, 0.05) is 21.1 Å². The Morgan fingerprint density at radius 3 is 1.57 bits per heavy atom. The molecule has 3 rings (SSSR count). The van der Waals surface area contributed by atoms with Crippen LogP contribution < -0.4 is 0 Å². The van der Waals surface area contributed by atoms with E-state index in [0.717, 1.165) is 23.7 Å². The largest absolute Gasteiger partial charge is 0.322 e. The minimum absolute atomic E-state index is 0. The van der Waals surface area contributed by atoms with Crippen molar-refractivity contribution >= 4 is 0 Å². The number of fused-ring (bicyclic) bond motifs is 3. The molecule has 3 aliphatic carbocycles. The molecule has 0 N–H and O–H groups in total. The molecular weight excluding hydrogens is 340 g/mol. The van der Waals surface area contributed by atoms with Gasteiger partial charge in [-0.3, -0.25) is 0 Å². The maximum atomic E-state index is 2.76. The van der Waals surface area contributed by atoms with Crippen LogP contribution >= 0.6 is 0 Å². The summed E-state index contributed by atoms with van der Waals surface area (Å²) in [5.74, 6) is 4.33. The third kappa shape index (κ3) is 1.84. The molecule has 0 spiro atoms. The number of hydrogen-bond acceptors (Lipinski definition) is 0. The summed E-state index contributed by atoms with van der Waals surface area (Å²) >= 11 is 0. The summed E-state index contributed by atoms with van der Waals surface area (Å²) in [6, 6.07) is 0. The fraction of sp³-hybridized carbons (Fsp3) is 0.923. The zero-order valence-corrected chi connectivity index (χ0v) is 11.9. The summed E-state index contributed by atoms with van der Waals surface area (Å²) < 4.78 is 0. The Bertz CT molecular complexity index is 170. The predicted molar refractivity (Wildman–Crippen MR) is 55.2 cm³/mol. The van der Waals surface area contributed by atoms with Crippen molar-refractivity contribution in [3.8, 4) is 0 Å². The molecule has 0 heterocycles. The molecule has 14 heavy (non-hydrogen) atoms. The maximum Gasteiger partial charge on any atom is 0 e. The molecule has 0 aromatic carbocycles. The molecule has 3 aliphatic rings. The van der Waals surface area contributed by atoms with Gasteiger partial charge in [0.25, 0.3) is 0 Å². The molecule has 1 heteroatoms. The van der Waals surface area contributed by atoms with Gasteiger partial charge in [0.2, 0.25) is 0 Å². The van der Waals surface area contributed by atoms with Gasteiger partial charge in [-0.1, -0.05) is 63.2 Å². The Morgan fingerprint density at radius 2 is 1.07 bits per heavy atom. The van der Waals surface area contributed by atoms with E-state index in [2.05, 4.69) is 6.42 Å². The maximum absolute atomic E-state index is 2.76. The van der Waals surface area contributed by atoms with E-state index < -0.39 is 0 Å². The van der Waals surface area contributed by atoms with Gasteiger partial charge in [0.1, 0.15) is 0 Å². The first-order valence-corrected chi connectivity index (χ1v) is 6.30. The van der Waals surface area contributed by atoms with Gasteiger partial charge in [0.05, 0.1) is 0 Å². The third-order valence-electron chi connectivity index (χ3n) is 4.79. The average Bonchev–Trinajstić information content (AvgIpc) is 2.56. The van der Waals surface area contributed by atoms with Crippen molar-refractivity contribution in [2.24, 2.45) is 23.7 Å². The topological polar surface area (TPSA) is 0 Å². The van der Waals surface area contributed by atoms with E-state index in [4.69, 9.17) is 0 Å². The summed E-state index contributed by atoms with van der Waals surface area (Å²) in [4.78, 5) is 0. The van der Waals surface area contributed by atoms with Crippen molar-refractivity contribution in [1.29, 1.82) is 0 Å². The van der Waals surface area contributed by atoms with Gasteiger partial charge in [0.15, 0.2) is 0 Å². The number of rotatable bonds is 0. The Labute approximate surface area is 102 Å². The summed E-state index contributed by atoms with van der Waals surface area (Å²) in [5, 5.41) is 0. The third-order valence-corrected chi connectivity index (χ3v) is 4.79. The molecular formula is C13H21W-. The first-order valence-electron chi connectivity index (χ1n) is 6.30. The molecule has 3 fully saturated rings. The molecule has 0 amide bonds. The number of hydrogen-bond donors (Lipinski definition) is 0. The predicted octanol–water partition coefficient (Wildman–Crippen LogP) is 3.81. The van der Waals surface area contributed by atoms with Crippen molar-refractivity contribution in [3.05, 3.63) is 6.42 Å². The second kappa shape index (κ2) is 4.68. The first-order chi connectivity index (χ1) is 6.45. The fourth-order valence-electron chi connectivity index (χ4n) is 4.24. The normalized spacial score (nSPS) is 46.3. The summed E-state index contributed by atoms with van der Waals surface area (Å²) in [7, 11) is 0. The first kappa shape index (κ1) is 11.2. The zero-order chi connectivity index (χ0) is 8.67. The summed E-state index contributed by atoms with van der Waals surface area (Å²) in [6.45, 7) is 0. The minimum Gasteiger partial charge on any atom is -0.322 e. The molecule has 4 unspecified atom stereocenters. The monoisotopic (exact) mass is 361 g/mol. The second-order valence-corrected chi connectivity index (χ2v) is 5.42. The van der Waals surface area contributed by atoms with Crippen LogP contribution in [0.3, 0.4) is 0 Å². The van der Waals surface area contributed by atoms with Gasteiger partial charge >= 0.3 is 0 Å². The van der Waals surface area contributed by atoms with Gasteiger partial charge in [-0.2, -0.15) is 11.8 Å². The van der Waals surface area contributed by atoms with E-state index in [1.165, 1.54) is 38.5 Å². The average molecular weight is 361 g/mol. The van der Waals surface area contributed by atoms with E-state index in [0.29, 0.717) is 0 Å². The van der Waals surface area contributed by atoms with Gasteiger partial charge in [-0.25, -0.2) is 0 Å². The minimum atomic E-state index is 0. The van der Waals surface area contributed by atoms with Crippen molar-refractivity contribution in [3.63, 3.8) is 0 Å². The van der Waals surface area contributed by atoms with Crippen molar-refractivity contribution < 1.29 is 21.1 Å². The van der Waals surface area contributed by atoms with Crippen LogP contribution in [0.1, 0.15) is 51.4 Å². The van der Waals surface area contributed by atoms with Gasteiger partial charge in [-0.05, 0) is 0 Å². The van der Waals surface area contributed by atoms with Crippen LogP contribution in [0.15, 0.2) is 0 Å². The van der Waals surface area contributed by atoms with E-state index in [-0.39, 0.29) is 21.1 Å². The van der Waals surface area contributed by atoms with Crippen molar-refractivity contribution in [1.82, 2.24) is 0 Å². The molecule has 0 aromatic rings. The van der Waals surface area contributed by atoms with Crippen LogP contribution in [0, 0.1) is 30.1 Å². The van der Waals surface area contributed by atoms with Crippen LogP contribution in [0.2, 0.25) is 0 Å². The van der Waals surface area contributed by atoms with Crippen molar-refractivity contribution in [2.45, 2.75) is 51.4 Å². The van der Waals surface area contributed by atoms with E-state index in [1.807, 2.05) is 0 Å². The fourth-order valence-corrected chi connectivity index (χ4v) is 4.24. The molecule has 0 nitrogen and oxygen atoms in total. The summed E-state index contributed by atoms with van der Waals surface area (Å²) in [5.41, 5.74) is 0. The SMILES string of the molecule is [CH-]1C2CCCCC2C2CCCCC12.[W]. The Morgan fingerprint density at radius 1 is 0.643 bits per heavy atom. The van der Waals surface area contributed by atoms with Crippen LogP contribution in [0.5, 0.6) is 0 Å². The Hall–Kier alpha value is 0.688. The summed E-state index contributed by atoms with van der Waals surface area (Å²) in [6.07, 6.45) is 15.0. The molecule has 3 saturated carbocycles. The molecule has 0 aromatic heterocycles. The van der Waals surface area contributed by atoms with E-state index >= 15 is 0 Å². The van der Waals surface area contributed by atoms with E-state index in [1.54, 1.807) is 12.8 Å². The molecule has 0 bridgehead atoms. The van der Waals surface area contributed by atoms with Crippen LogP contribution in [-0.4, -0.2) is 0 Å². The smallest absolute Gasteiger partial charge is 0 e. The standard InChI is InChI=1S/C13H21.W/c1-3-7-12-10(5-1)9-11-6-2-4-8-13(11)12;/h9-13H,1-8H2;/q-1;. The Kier molecular flexibility index (Phi) is 3.74.